The molecule has 0 bridgehead atoms. The molecule has 3 aromatic rings. The topological polar surface area (TPSA) is 82.1 Å². The van der Waals surface area contributed by atoms with Gasteiger partial charge in [-0.05, 0) is 60.7 Å². The molecule has 0 aliphatic carbocycles. The Bertz CT molecular complexity index is 1070. The second-order valence-electron chi connectivity index (χ2n) is 6.42. The predicted octanol–water partition coefficient (Wildman–Crippen LogP) is 3.48. The van der Waals surface area contributed by atoms with Crippen LogP contribution in [0.4, 0.5) is 5.69 Å². The van der Waals surface area contributed by atoms with Crippen molar-refractivity contribution in [2.45, 2.75) is 0 Å². The number of imide groups is 1. The number of hydrogen-bond donors (Lipinski definition) is 0. The smallest absolute Gasteiger partial charge is 0.349 e. The van der Waals surface area contributed by atoms with Crippen molar-refractivity contribution in [3.63, 3.8) is 0 Å². The molecule has 7 nitrogen and oxygen atoms in total. The number of esters is 1. The SMILES string of the molecule is COc1ccc(OCC(=O)Oc2ccc(N3C(=O)c4ccccc4C3=O)cc2)cc1. The third-order valence-electron chi connectivity index (χ3n) is 4.54. The number of ether oxygens (including phenoxy) is 3. The second-order valence-corrected chi connectivity index (χ2v) is 6.42. The number of methoxy groups -OCH3 is 1. The van der Waals surface area contributed by atoms with Crippen LogP contribution in [0.25, 0.3) is 0 Å². The summed E-state index contributed by atoms with van der Waals surface area (Å²) in [5.74, 6) is 0.122. The summed E-state index contributed by atoms with van der Waals surface area (Å²) >= 11 is 0. The number of benzene rings is 3. The van der Waals surface area contributed by atoms with Gasteiger partial charge in [0.15, 0.2) is 6.61 Å². The van der Waals surface area contributed by atoms with Crippen LogP contribution in [0.3, 0.4) is 0 Å². The van der Waals surface area contributed by atoms with Gasteiger partial charge in [0.05, 0.1) is 23.9 Å². The fourth-order valence-electron chi connectivity index (χ4n) is 3.06. The summed E-state index contributed by atoms with van der Waals surface area (Å²) in [7, 11) is 1.56. The Balaban J connectivity index is 1.37. The lowest BCUT2D eigenvalue weighted by molar-refractivity contribution is -0.136. The highest BCUT2D eigenvalue weighted by Gasteiger charge is 2.36. The van der Waals surface area contributed by atoms with E-state index in [1.807, 2.05) is 0 Å². The average Bonchev–Trinajstić information content (AvgIpc) is 3.04. The van der Waals surface area contributed by atoms with E-state index in [0.717, 1.165) is 4.90 Å². The van der Waals surface area contributed by atoms with Crippen LogP contribution >= 0.6 is 0 Å². The Morgan fingerprint density at radius 2 is 1.30 bits per heavy atom. The monoisotopic (exact) mass is 403 g/mol. The zero-order valence-electron chi connectivity index (χ0n) is 16.0. The first-order valence-corrected chi connectivity index (χ1v) is 9.12. The van der Waals surface area contributed by atoms with E-state index in [1.54, 1.807) is 67.8 Å². The van der Waals surface area contributed by atoms with Gasteiger partial charge in [-0.1, -0.05) is 12.1 Å². The Labute approximate surface area is 172 Å². The number of fused-ring (bicyclic) bond motifs is 1. The lowest BCUT2D eigenvalue weighted by Crippen LogP contribution is -2.29. The summed E-state index contributed by atoms with van der Waals surface area (Å²) in [6.45, 7) is -0.271. The summed E-state index contributed by atoms with van der Waals surface area (Å²) in [5, 5.41) is 0. The van der Waals surface area contributed by atoms with E-state index in [-0.39, 0.29) is 24.2 Å². The maximum Gasteiger partial charge on any atom is 0.349 e. The molecule has 1 aliphatic heterocycles. The molecule has 0 atom stereocenters. The van der Waals surface area contributed by atoms with Gasteiger partial charge in [-0.2, -0.15) is 0 Å². The molecule has 7 heteroatoms. The van der Waals surface area contributed by atoms with E-state index in [1.165, 1.54) is 12.1 Å². The Hall–Kier alpha value is -4.13. The standard InChI is InChI=1S/C23H17NO6/c1-28-16-10-12-17(13-11-16)29-14-21(25)30-18-8-6-15(7-9-18)24-22(26)19-4-2-3-5-20(19)23(24)27/h2-13H,14H2,1H3. The summed E-state index contributed by atoms with van der Waals surface area (Å²) in [4.78, 5) is 38.2. The molecule has 1 aliphatic rings. The highest BCUT2D eigenvalue weighted by molar-refractivity contribution is 6.34. The Morgan fingerprint density at radius 3 is 1.87 bits per heavy atom. The van der Waals surface area contributed by atoms with Crippen molar-refractivity contribution >= 4 is 23.5 Å². The number of nitrogens with zero attached hydrogens (tertiary/aromatic N) is 1. The van der Waals surface area contributed by atoms with E-state index in [0.29, 0.717) is 28.3 Å². The largest absolute Gasteiger partial charge is 0.497 e. The number of carbonyl (C=O) groups excluding carboxylic acids is 3. The van der Waals surface area contributed by atoms with Crippen LogP contribution in [-0.4, -0.2) is 31.5 Å². The lowest BCUT2D eigenvalue weighted by Gasteiger charge is -2.14. The number of anilines is 1. The van der Waals surface area contributed by atoms with Gasteiger partial charge in [0.1, 0.15) is 17.2 Å². The molecule has 0 fully saturated rings. The van der Waals surface area contributed by atoms with Crippen molar-refractivity contribution in [3.8, 4) is 17.2 Å². The Morgan fingerprint density at radius 1 is 0.767 bits per heavy atom. The van der Waals surface area contributed by atoms with E-state index in [9.17, 15) is 14.4 Å². The average molecular weight is 403 g/mol. The van der Waals surface area contributed by atoms with Gasteiger partial charge in [0, 0.05) is 0 Å². The van der Waals surface area contributed by atoms with Crippen molar-refractivity contribution in [1.29, 1.82) is 0 Å². The van der Waals surface area contributed by atoms with Gasteiger partial charge in [-0.15, -0.1) is 0 Å². The highest BCUT2D eigenvalue weighted by Crippen LogP contribution is 2.29. The molecule has 0 saturated carbocycles. The van der Waals surface area contributed by atoms with Gasteiger partial charge in [0.2, 0.25) is 0 Å². The number of amides is 2. The molecule has 2 amide bonds. The van der Waals surface area contributed by atoms with E-state index in [2.05, 4.69) is 0 Å². The molecule has 3 aromatic carbocycles. The van der Waals surface area contributed by atoms with Gasteiger partial charge in [0.25, 0.3) is 11.8 Å². The van der Waals surface area contributed by atoms with Crippen LogP contribution in [0.5, 0.6) is 17.2 Å². The number of carbonyl (C=O) groups is 3. The summed E-state index contributed by atoms with van der Waals surface area (Å²) in [5.41, 5.74) is 1.14. The van der Waals surface area contributed by atoms with E-state index in [4.69, 9.17) is 14.2 Å². The van der Waals surface area contributed by atoms with Crippen molar-refractivity contribution in [1.82, 2.24) is 0 Å². The van der Waals surface area contributed by atoms with Gasteiger partial charge < -0.3 is 14.2 Å². The second kappa shape index (κ2) is 8.08. The van der Waals surface area contributed by atoms with Crippen LogP contribution in [-0.2, 0) is 4.79 Å². The molecule has 30 heavy (non-hydrogen) atoms. The molecule has 0 saturated heterocycles. The maximum atomic E-state index is 12.5. The van der Waals surface area contributed by atoms with Crippen LogP contribution in [0.2, 0.25) is 0 Å². The van der Waals surface area contributed by atoms with Crippen molar-refractivity contribution < 1.29 is 28.6 Å². The fraction of sp³-hybridized carbons (Fsp3) is 0.0870. The lowest BCUT2D eigenvalue weighted by atomic mass is 10.1. The van der Waals surface area contributed by atoms with Gasteiger partial charge in [-0.3, -0.25) is 9.59 Å². The number of rotatable bonds is 6. The van der Waals surface area contributed by atoms with E-state index >= 15 is 0 Å². The molecule has 1 heterocycles. The van der Waals surface area contributed by atoms with Crippen molar-refractivity contribution in [2.75, 3.05) is 18.6 Å². The zero-order chi connectivity index (χ0) is 21.1. The van der Waals surface area contributed by atoms with Crippen LogP contribution in [0, 0.1) is 0 Å². The summed E-state index contributed by atoms with van der Waals surface area (Å²) in [6, 6.07) is 19.6. The molecule has 150 valence electrons. The molecule has 4 rings (SSSR count). The first-order chi connectivity index (χ1) is 14.6. The summed E-state index contributed by atoms with van der Waals surface area (Å²) < 4.78 is 15.7. The minimum Gasteiger partial charge on any atom is -0.497 e. The normalized spacial score (nSPS) is 12.5. The molecular weight excluding hydrogens is 386 g/mol. The maximum absolute atomic E-state index is 12.5. The third-order valence-corrected chi connectivity index (χ3v) is 4.54. The molecule has 0 N–H and O–H groups in total. The Kier molecular flexibility index (Phi) is 5.17. The first-order valence-electron chi connectivity index (χ1n) is 9.12. The predicted molar refractivity (Wildman–Crippen MR) is 108 cm³/mol. The third kappa shape index (κ3) is 3.73. The van der Waals surface area contributed by atoms with Crippen molar-refractivity contribution in [3.05, 3.63) is 83.9 Å². The van der Waals surface area contributed by atoms with Crippen LogP contribution in [0.15, 0.2) is 72.8 Å². The first kappa shape index (κ1) is 19.2. The van der Waals surface area contributed by atoms with Gasteiger partial charge >= 0.3 is 5.97 Å². The quantitative estimate of drug-likeness (QED) is 0.356. The molecule has 0 radical (unpaired) electrons. The summed E-state index contributed by atoms with van der Waals surface area (Å²) in [6.07, 6.45) is 0. The van der Waals surface area contributed by atoms with Crippen molar-refractivity contribution in [2.24, 2.45) is 0 Å². The highest BCUT2D eigenvalue weighted by atomic mass is 16.6. The number of hydrogen-bond acceptors (Lipinski definition) is 6. The minimum absolute atomic E-state index is 0.271. The molecule has 0 unspecified atom stereocenters. The minimum atomic E-state index is -0.584. The molecule has 0 spiro atoms. The van der Waals surface area contributed by atoms with Gasteiger partial charge in [-0.25, -0.2) is 9.69 Å². The van der Waals surface area contributed by atoms with E-state index < -0.39 is 5.97 Å². The fourth-order valence-corrected chi connectivity index (χ4v) is 3.06. The van der Waals surface area contributed by atoms with Crippen LogP contribution < -0.4 is 19.1 Å². The molecule has 0 aromatic heterocycles. The molecular formula is C23H17NO6. The zero-order valence-corrected chi connectivity index (χ0v) is 16.0. The van der Waals surface area contributed by atoms with Crippen LogP contribution in [0.1, 0.15) is 20.7 Å².